The zero-order chi connectivity index (χ0) is 13.2. The van der Waals surface area contributed by atoms with Gasteiger partial charge in [0.2, 0.25) is 5.82 Å². The molecule has 1 aromatic heterocycles. The van der Waals surface area contributed by atoms with Crippen LogP contribution in [0.3, 0.4) is 0 Å². The van der Waals surface area contributed by atoms with Crippen LogP contribution in [0.2, 0.25) is 0 Å². The number of aryl methyl sites for hydroxylation is 1. The third-order valence-electron chi connectivity index (χ3n) is 3.17. The molecule has 0 saturated carbocycles. The zero-order valence-electron chi connectivity index (χ0n) is 10.9. The first-order valence-corrected chi connectivity index (χ1v) is 6.45. The van der Waals surface area contributed by atoms with Gasteiger partial charge in [-0.3, -0.25) is 9.89 Å². The highest BCUT2D eigenvalue weighted by Gasteiger charge is 2.32. The number of piperidine rings is 1. The smallest absolute Gasteiger partial charge is 0.293 e. The lowest BCUT2D eigenvalue weighted by Gasteiger charge is -2.36. The Kier molecular flexibility index (Phi) is 3.65. The van der Waals surface area contributed by atoms with E-state index in [0.717, 1.165) is 31.5 Å². The average molecular weight is 252 g/mol. The summed E-state index contributed by atoms with van der Waals surface area (Å²) in [7, 11) is 0. The number of likely N-dealkylation sites (tertiary alicyclic amines) is 1. The monoisotopic (exact) mass is 252 g/mol. The van der Waals surface area contributed by atoms with Gasteiger partial charge in [-0.25, -0.2) is 4.98 Å². The Hall–Kier alpha value is -1.43. The Bertz CT molecular complexity index is 427. The fourth-order valence-corrected chi connectivity index (χ4v) is 2.27. The Labute approximate surface area is 106 Å². The molecular weight excluding hydrogens is 232 g/mol. The van der Waals surface area contributed by atoms with Crippen LogP contribution in [-0.4, -0.2) is 49.8 Å². The molecule has 18 heavy (non-hydrogen) atoms. The maximum absolute atomic E-state index is 12.2. The molecule has 1 amide bonds. The Morgan fingerprint density at radius 3 is 3.06 bits per heavy atom. The lowest BCUT2D eigenvalue weighted by atomic mass is 9.95. The molecule has 1 unspecified atom stereocenters. The minimum absolute atomic E-state index is 0.200. The van der Waals surface area contributed by atoms with E-state index in [9.17, 15) is 9.90 Å². The van der Waals surface area contributed by atoms with Crippen molar-refractivity contribution in [3.05, 3.63) is 11.6 Å². The molecule has 0 aliphatic carbocycles. The van der Waals surface area contributed by atoms with Crippen LogP contribution in [-0.2, 0) is 6.42 Å². The molecule has 2 heterocycles. The SMILES string of the molecule is CCCc1nc(C(=O)N2CCCC(C)(O)C2)n[nH]1. The number of hydrogen-bond acceptors (Lipinski definition) is 4. The third-order valence-corrected chi connectivity index (χ3v) is 3.17. The van der Waals surface area contributed by atoms with E-state index in [-0.39, 0.29) is 11.7 Å². The number of amides is 1. The normalized spacial score (nSPS) is 24.3. The van der Waals surface area contributed by atoms with Crippen LogP contribution in [0.25, 0.3) is 0 Å². The first kappa shape index (κ1) is 13.0. The molecule has 100 valence electrons. The molecule has 6 heteroatoms. The van der Waals surface area contributed by atoms with Crippen LogP contribution in [0, 0.1) is 0 Å². The summed E-state index contributed by atoms with van der Waals surface area (Å²) in [4.78, 5) is 18.0. The maximum atomic E-state index is 12.2. The van der Waals surface area contributed by atoms with E-state index in [1.54, 1.807) is 11.8 Å². The fourth-order valence-electron chi connectivity index (χ4n) is 2.27. The summed E-state index contributed by atoms with van der Waals surface area (Å²) in [6, 6.07) is 0. The molecule has 6 nitrogen and oxygen atoms in total. The number of H-pyrrole nitrogens is 1. The number of carbonyl (C=O) groups excluding carboxylic acids is 1. The van der Waals surface area contributed by atoms with Crippen LogP contribution >= 0.6 is 0 Å². The molecule has 2 rings (SSSR count). The standard InChI is InChI=1S/C12H20N4O2/c1-3-5-9-13-10(15-14-9)11(17)16-7-4-6-12(2,18)8-16/h18H,3-8H2,1-2H3,(H,13,14,15). The number of carbonyl (C=O) groups is 1. The highest BCUT2D eigenvalue weighted by atomic mass is 16.3. The minimum Gasteiger partial charge on any atom is -0.388 e. The molecule has 2 N–H and O–H groups in total. The van der Waals surface area contributed by atoms with Gasteiger partial charge in [0.25, 0.3) is 5.91 Å². The molecular formula is C12H20N4O2. The lowest BCUT2D eigenvalue weighted by Crippen LogP contribution is -2.48. The van der Waals surface area contributed by atoms with Crippen molar-refractivity contribution in [3.8, 4) is 0 Å². The van der Waals surface area contributed by atoms with Gasteiger partial charge >= 0.3 is 0 Å². The highest BCUT2D eigenvalue weighted by Crippen LogP contribution is 2.21. The van der Waals surface area contributed by atoms with Crippen LogP contribution in [0.4, 0.5) is 0 Å². The molecule has 0 radical (unpaired) electrons. The van der Waals surface area contributed by atoms with Crippen molar-refractivity contribution in [1.29, 1.82) is 0 Å². The van der Waals surface area contributed by atoms with Gasteiger partial charge in [0.05, 0.1) is 5.60 Å². The minimum atomic E-state index is -0.795. The van der Waals surface area contributed by atoms with E-state index in [2.05, 4.69) is 15.2 Å². The fraction of sp³-hybridized carbons (Fsp3) is 0.750. The van der Waals surface area contributed by atoms with Crippen LogP contribution in [0.15, 0.2) is 0 Å². The van der Waals surface area contributed by atoms with Crippen molar-refractivity contribution in [2.45, 2.75) is 45.1 Å². The van der Waals surface area contributed by atoms with Crippen molar-refractivity contribution in [2.24, 2.45) is 0 Å². The number of aromatic nitrogens is 3. The van der Waals surface area contributed by atoms with E-state index in [1.807, 2.05) is 6.92 Å². The van der Waals surface area contributed by atoms with Gasteiger partial charge in [-0.05, 0) is 26.2 Å². The Morgan fingerprint density at radius 1 is 1.61 bits per heavy atom. The zero-order valence-corrected chi connectivity index (χ0v) is 10.9. The number of aliphatic hydroxyl groups is 1. The van der Waals surface area contributed by atoms with Crippen molar-refractivity contribution in [3.63, 3.8) is 0 Å². The average Bonchev–Trinajstić information content (AvgIpc) is 2.76. The summed E-state index contributed by atoms with van der Waals surface area (Å²) in [5.74, 6) is 0.745. The van der Waals surface area contributed by atoms with Gasteiger partial charge in [-0.2, -0.15) is 0 Å². The van der Waals surface area contributed by atoms with E-state index in [4.69, 9.17) is 0 Å². The first-order chi connectivity index (χ1) is 8.52. The van der Waals surface area contributed by atoms with Crippen LogP contribution in [0.5, 0.6) is 0 Å². The quantitative estimate of drug-likeness (QED) is 0.831. The van der Waals surface area contributed by atoms with Crippen LogP contribution < -0.4 is 0 Å². The number of aromatic amines is 1. The number of nitrogens with zero attached hydrogens (tertiary/aromatic N) is 3. The maximum Gasteiger partial charge on any atom is 0.293 e. The summed E-state index contributed by atoms with van der Waals surface area (Å²) in [6.07, 6.45) is 3.29. The Balaban J connectivity index is 2.05. The second-order valence-corrected chi connectivity index (χ2v) is 5.18. The van der Waals surface area contributed by atoms with Gasteiger partial charge in [0.1, 0.15) is 5.82 Å². The summed E-state index contributed by atoms with van der Waals surface area (Å²) in [5.41, 5.74) is -0.795. The largest absolute Gasteiger partial charge is 0.388 e. The second-order valence-electron chi connectivity index (χ2n) is 5.18. The van der Waals surface area contributed by atoms with Crippen LogP contribution in [0.1, 0.15) is 49.6 Å². The van der Waals surface area contributed by atoms with Crippen molar-refractivity contribution in [1.82, 2.24) is 20.1 Å². The van der Waals surface area contributed by atoms with E-state index in [0.29, 0.717) is 13.1 Å². The number of hydrogen-bond donors (Lipinski definition) is 2. The van der Waals surface area contributed by atoms with Crippen molar-refractivity contribution in [2.75, 3.05) is 13.1 Å². The third kappa shape index (κ3) is 2.87. The predicted molar refractivity (Wildman–Crippen MR) is 66.1 cm³/mol. The summed E-state index contributed by atoms with van der Waals surface area (Å²) >= 11 is 0. The van der Waals surface area contributed by atoms with Gasteiger partial charge in [-0.15, -0.1) is 5.10 Å². The van der Waals surface area contributed by atoms with Crippen molar-refractivity contribution < 1.29 is 9.90 Å². The molecule has 1 saturated heterocycles. The van der Waals surface area contributed by atoms with Crippen molar-refractivity contribution >= 4 is 5.91 Å². The molecule has 1 fully saturated rings. The summed E-state index contributed by atoms with van der Waals surface area (Å²) in [5, 5.41) is 16.7. The molecule has 0 aromatic carbocycles. The molecule has 1 atom stereocenters. The number of rotatable bonds is 3. The van der Waals surface area contributed by atoms with E-state index >= 15 is 0 Å². The van der Waals surface area contributed by atoms with Gasteiger partial charge in [0, 0.05) is 19.5 Å². The lowest BCUT2D eigenvalue weighted by molar-refractivity contribution is -0.0111. The predicted octanol–water partition coefficient (Wildman–Crippen LogP) is 0.744. The van der Waals surface area contributed by atoms with E-state index in [1.165, 1.54) is 0 Å². The van der Waals surface area contributed by atoms with E-state index < -0.39 is 5.60 Å². The van der Waals surface area contributed by atoms with Gasteiger partial charge < -0.3 is 10.0 Å². The Morgan fingerprint density at radius 2 is 2.39 bits per heavy atom. The molecule has 0 spiro atoms. The summed E-state index contributed by atoms with van der Waals surface area (Å²) < 4.78 is 0. The molecule has 1 aliphatic rings. The highest BCUT2D eigenvalue weighted by molar-refractivity contribution is 5.90. The first-order valence-electron chi connectivity index (χ1n) is 6.45. The topological polar surface area (TPSA) is 82.1 Å². The molecule has 1 aromatic rings. The molecule has 0 bridgehead atoms. The number of β-amino-alcohol motifs (C(OH)–C–C–N with tert-alkyl or cyclic N) is 1. The van der Waals surface area contributed by atoms with Gasteiger partial charge in [0.15, 0.2) is 0 Å². The van der Waals surface area contributed by atoms with Gasteiger partial charge in [-0.1, -0.05) is 6.92 Å². The second kappa shape index (κ2) is 5.06. The number of nitrogens with one attached hydrogen (secondary N) is 1. The molecule has 1 aliphatic heterocycles. The summed E-state index contributed by atoms with van der Waals surface area (Å²) in [6.45, 7) is 4.81.